The summed E-state index contributed by atoms with van der Waals surface area (Å²) in [6.07, 6.45) is 0. The van der Waals surface area contributed by atoms with E-state index in [9.17, 15) is 4.39 Å². The van der Waals surface area contributed by atoms with E-state index in [1.807, 2.05) is 31.2 Å². The largest absolute Gasteiger partial charge is 0.488 e. The summed E-state index contributed by atoms with van der Waals surface area (Å²) in [5.41, 5.74) is 7.18. The van der Waals surface area contributed by atoms with Crippen molar-refractivity contribution in [1.82, 2.24) is 0 Å². The molecule has 0 aromatic heterocycles. The third-order valence-electron chi connectivity index (χ3n) is 2.82. The predicted octanol–water partition coefficient (Wildman–Crippen LogP) is 4.08. The van der Waals surface area contributed by atoms with E-state index in [2.05, 4.69) is 0 Å². The molecule has 0 saturated heterocycles. The fourth-order valence-electron chi connectivity index (χ4n) is 1.80. The average Bonchev–Trinajstić information content (AvgIpc) is 2.40. The Hall–Kier alpha value is -1.58. The Bertz CT molecular complexity index is 572. The number of rotatable bonds is 4. The molecule has 2 aromatic rings. The van der Waals surface area contributed by atoms with Gasteiger partial charge in [0.15, 0.2) is 0 Å². The Balaban J connectivity index is 2.17. The van der Waals surface area contributed by atoms with Crippen LogP contribution >= 0.6 is 11.6 Å². The summed E-state index contributed by atoms with van der Waals surface area (Å²) in [7, 11) is 0. The summed E-state index contributed by atoms with van der Waals surface area (Å²) in [4.78, 5) is 0. The number of hydrogen-bond acceptors (Lipinski definition) is 2. The van der Waals surface area contributed by atoms with Gasteiger partial charge >= 0.3 is 0 Å². The van der Waals surface area contributed by atoms with Crippen molar-refractivity contribution in [2.75, 3.05) is 0 Å². The van der Waals surface area contributed by atoms with E-state index in [1.54, 1.807) is 12.1 Å². The lowest BCUT2D eigenvalue weighted by atomic mass is 10.1. The van der Waals surface area contributed by atoms with Crippen LogP contribution < -0.4 is 10.5 Å². The molecule has 0 aliphatic rings. The van der Waals surface area contributed by atoms with Gasteiger partial charge in [-0.15, -0.1) is 0 Å². The predicted molar refractivity (Wildman–Crippen MR) is 74.8 cm³/mol. The van der Waals surface area contributed by atoms with Gasteiger partial charge in [-0.05, 0) is 19.1 Å². The zero-order chi connectivity index (χ0) is 13.8. The molecule has 2 nitrogen and oxygen atoms in total. The second-order valence-electron chi connectivity index (χ2n) is 4.33. The lowest BCUT2D eigenvalue weighted by Gasteiger charge is -2.14. The minimum absolute atomic E-state index is 0.0987. The minimum atomic E-state index is -0.442. The zero-order valence-corrected chi connectivity index (χ0v) is 11.3. The summed E-state index contributed by atoms with van der Waals surface area (Å²) < 4.78 is 19.4. The van der Waals surface area contributed by atoms with Crippen LogP contribution in [0.3, 0.4) is 0 Å². The highest BCUT2D eigenvalue weighted by atomic mass is 35.5. The first-order chi connectivity index (χ1) is 9.09. The molecule has 0 unspecified atom stereocenters. The maximum absolute atomic E-state index is 13.7. The molecular weight excluding hydrogens is 265 g/mol. The van der Waals surface area contributed by atoms with E-state index < -0.39 is 5.82 Å². The van der Waals surface area contributed by atoms with E-state index >= 15 is 0 Å². The Morgan fingerprint density at radius 3 is 2.68 bits per heavy atom. The lowest BCUT2D eigenvalue weighted by molar-refractivity contribution is 0.295. The van der Waals surface area contributed by atoms with Crippen LogP contribution in [0.1, 0.15) is 24.1 Å². The van der Waals surface area contributed by atoms with Crippen LogP contribution in [-0.2, 0) is 6.61 Å². The van der Waals surface area contributed by atoms with Crippen LogP contribution in [-0.4, -0.2) is 0 Å². The van der Waals surface area contributed by atoms with Gasteiger partial charge in [-0.3, -0.25) is 0 Å². The third-order valence-corrected chi connectivity index (χ3v) is 3.12. The average molecular weight is 280 g/mol. The summed E-state index contributed by atoms with van der Waals surface area (Å²) >= 11 is 5.73. The van der Waals surface area contributed by atoms with Crippen molar-refractivity contribution in [1.29, 1.82) is 0 Å². The minimum Gasteiger partial charge on any atom is -0.488 e. The fourth-order valence-corrected chi connectivity index (χ4v) is 2.00. The molecule has 0 aliphatic carbocycles. The first-order valence-electron chi connectivity index (χ1n) is 6.00. The first-order valence-corrected chi connectivity index (χ1v) is 6.37. The SMILES string of the molecule is C[C@H](N)c1ccccc1OCc1cccc(Cl)c1F. The van der Waals surface area contributed by atoms with Crippen molar-refractivity contribution < 1.29 is 9.13 Å². The summed E-state index contributed by atoms with van der Waals surface area (Å²) in [6.45, 7) is 2.00. The van der Waals surface area contributed by atoms with Crippen LogP contribution in [0.4, 0.5) is 4.39 Å². The molecule has 2 N–H and O–H groups in total. The van der Waals surface area contributed by atoms with Crippen molar-refractivity contribution in [3.63, 3.8) is 0 Å². The first kappa shape index (κ1) is 13.8. The molecule has 0 heterocycles. The Morgan fingerprint density at radius 2 is 1.95 bits per heavy atom. The molecule has 2 aromatic carbocycles. The van der Waals surface area contributed by atoms with Crippen LogP contribution in [0.25, 0.3) is 0 Å². The van der Waals surface area contributed by atoms with Gasteiger partial charge in [-0.1, -0.05) is 41.9 Å². The summed E-state index contributed by atoms with van der Waals surface area (Å²) in [5, 5.41) is 0.0987. The highest BCUT2D eigenvalue weighted by Gasteiger charge is 2.10. The smallest absolute Gasteiger partial charge is 0.148 e. The summed E-state index contributed by atoms with van der Waals surface area (Å²) in [5.74, 6) is 0.222. The highest BCUT2D eigenvalue weighted by molar-refractivity contribution is 6.30. The molecular formula is C15H15ClFNO. The van der Waals surface area contributed by atoms with E-state index in [4.69, 9.17) is 22.1 Å². The third kappa shape index (κ3) is 3.25. The maximum atomic E-state index is 13.7. The van der Waals surface area contributed by atoms with Crippen LogP contribution in [0.5, 0.6) is 5.75 Å². The normalized spacial score (nSPS) is 12.2. The zero-order valence-electron chi connectivity index (χ0n) is 10.6. The van der Waals surface area contributed by atoms with E-state index in [0.717, 1.165) is 5.56 Å². The lowest BCUT2D eigenvalue weighted by Crippen LogP contribution is -2.08. The second kappa shape index (κ2) is 6.04. The van der Waals surface area contributed by atoms with Crippen LogP contribution in [0, 0.1) is 5.82 Å². The number of benzene rings is 2. The quantitative estimate of drug-likeness (QED) is 0.915. The molecule has 0 radical (unpaired) electrons. The van der Waals surface area contributed by atoms with Crippen LogP contribution in [0.15, 0.2) is 42.5 Å². The Morgan fingerprint density at radius 1 is 1.21 bits per heavy atom. The molecule has 0 spiro atoms. The topological polar surface area (TPSA) is 35.2 Å². The van der Waals surface area contributed by atoms with Gasteiger partial charge in [0, 0.05) is 17.2 Å². The molecule has 0 aliphatic heterocycles. The number of halogens is 2. The molecule has 19 heavy (non-hydrogen) atoms. The Labute approximate surface area is 117 Å². The molecule has 100 valence electrons. The van der Waals surface area contributed by atoms with Crippen molar-refractivity contribution in [2.45, 2.75) is 19.6 Å². The van der Waals surface area contributed by atoms with Crippen molar-refractivity contribution in [3.05, 3.63) is 64.4 Å². The molecule has 0 saturated carbocycles. The highest BCUT2D eigenvalue weighted by Crippen LogP contribution is 2.25. The van der Waals surface area contributed by atoms with E-state index in [-0.39, 0.29) is 17.7 Å². The van der Waals surface area contributed by atoms with Gasteiger partial charge in [0.05, 0.1) is 5.02 Å². The van der Waals surface area contributed by atoms with E-state index in [1.165, 1.54) is 6.07 Å². The molecule has 4 heteroatoms. The summed E-state index contributed by atoms with van der Waals surface area (Å²) in [6, 6.07) is 12.2. The van der Waals surface area contributed by atoms with Gasteiger partial charge < -0.3 is 10.5 Å². The molecule has 0 bridgehead atoms. The number of ether oxygens (including phenoxy) is 1. The van der Waals surface area contributed by atoms with Crippen molar-refractivity contribution in [2.24, 2.45) is 5.73 Å². The number of nitrogens with two attached hydrogens (primary N) is 1. The molecule has 2 rings (SSSR count). The van der Waals surface area contributed by atoms with Gasteiger partial charge in [0.2, 0.25) is 0 Å². The monoisotopic (exact) mass is 279 g/mol. The van der Waals surface area contributed by atoms with Crippen molar-refractivity contribution >= 4 is 11.6 Å². The molecule has 1 atom stereocenters. The maximum Gasteiger partial charge on any atom is 0.148 e. The van der Waals surface area contributed by atoms with Gasteiger partial charge in [-0.25, -0.2) is 4.39 Å². The standard InChI is InChI=1S/C15H15ClFNO/c1-10(18)12-6-2-3-8-14(12)19-9-11-5-4-7-13(16)15(11)17/h2-8,10H,9,18H2,1H3/t10-/m0/s1. The van der Waals surface area contributed by atoms with Gasteiger partial charge in [0.1, 0.15) is 18.2 Å². The van der Waals surface area contributed by atoms with E-state index in [0.29, 0.717) is 11.3 Å². The van der Waals surface area contributed by atoms with Gasteiger partial charge in [0.25, 0.3) is 0 Å². The van der Waals surface area contributed by atoms with Crippen molar-refractivity contribution in [3.8, 4) is 5.75 Å². The fraction of sp³-hybridized carbons (Fsp3) is 0.200. The van der Waals surface area contributed by atoms with Gasteiger partial charge in [-0.2, -0.15) is 0 Å². The number of hydrogen-bond donors (Lipinski definition) is 1. The molecule has 0 amide bonds. The number of para-hydroxylation sites is 1. The Kier molecular flexibility index (Phi) is 4.40. The second-order valence-corrected chi connectivity index (χ2v) is 4.74. The molecule has 0 fully saturated rings. The van der Waals surface area contributed by atoms with Crippen LogP contribution in [0.2, 0.25) is 5.02 Å².